The number of aromatic nitrogens is 2. The molecule has 0 bridgehead atoms. The van der Waals surface area contributed by atoms with Gasteiger partial charge in [0.15, 0.2) is 11.5 Å². The number of nitrogens with one attached hydrogen (secondary N) is 1. The number of hydrogen-bond acceptors (Lipinski definition) is 6. The molecule has 2 aliphatic rings. The highest BCUT2D eigenvalue weighted by Crippen LogP contribution is 2.52. The number of aryl methyl sites for hydroxylation is 1. The van der Waals surface area contributed by atoms with Crippen molar-refractivity contribution in [2.75, 3.05) is 12.4 Å². The summed E-state index contributed by atoms with van der Waals surface area (Å²) in [6, 6.07) is 11.7. The van der Waals surface area contributed by atoms with E-state index in [1.807, 2.05) is 19.1 Å². The summed E-state index contributed by atoms with van der Waals surface area (Å²) in [5, 5.41) is 2.88. The third kappa shape index (κ3) is 3.49. The number of amides is 1. The minimum Gasteiger partial charge on any atom is -0.481 e. The van der Waals surface area contributed by atoms with Crippen molar-refractivity contribution in [3.8, 4) is 28.6 Å². The molecule has 1 N–H and O–H groups in total. The summed E-state index contributed by atoms with van der Waals surface area (Å²) in [5.41, 5.74) is 1.98. The Hall–Kier alpha value is -3.75. The van der Waals surface area contributed by atoms with Crippen LogP contribution in [-0.4, -0.2) is 29.3 Å². The number of anilines is 1. The minimum absolute atomic E-state index is 0.0506. The molecule has 0 spiro atoms. The number of pyridine rings is 2. The van der Waals surface area contributed by atoms with Gasteiger partial charge in [-0.3, -0.25) is 4.79 Å². The van der Waals surface area contributed by atoms with Crippen LogP contribution < -0.4 is 19.5 Å². The number of carbonyl (C=O) groups excluding carboxylic acids is 1. The number of rotatable bonds is 5. The van der Waals surface area contributed by atoms with E-state index in [2.05, 4.69) is 24.8 Å². The fourth-order valence-electron chi connectivity index (χ4n) is 3.87. The number of ether oxygens (including phenoxy) is 3. The van der Waals surface area contributed by atoms with Crippen LogP contribution in [0.2, 0.25) is 0 Å². The lowest BCUT2D eigenvalue weighted by atomic mass is 9.94. The molecule has 1 fully saturated rings. The summed E-state index contributed by atoms with van der Waals surface area (Å²) in [6.45, 7) is 1.90. The normalized spacial score (nSPS) is 17.0. The molecule has 1 aliphatic carbocycles. The Balaban J connectivity index is 1.42. The molecule has 0 atom stereocenters. The first kappa shape index (κ1) is 20.2. The van der Waals surface area contributed by atoms with Gasteiger partial charge in [0, 0.05) is 6.20 Å². The van der Waals surface area contributed by atoms with Gasteiger partial charge in [-0.15, -0.1) is 8.78 Å². The molecular formula is C23H19F2N3O4. The standard InChI is InChI=1S/C23H19F2N3O4/c1-13-10-16(15-4-3-9-26-20(15)30-2)27-19(11-13)28-21(29)22(7-8-22)14-5-6-17-18(12-14)32-23(24,25)31-17/h3-6,9-12H,7-8H2,1-2H3,(H,27,28,29). The number of alkyl halides is 2. The van der Waals surface area contributed by atoms with Gasteiger partial charge in [-0.25, -0.2) is 9.97 Å². The second-order valence-electron chi connectivity index (χ2n) is 7.84. The Kier molecular flexibility index (Phi) is 4.51. The number of nitrogens with zero attached hydrogens (tertiary/aromatic N) is 2. The van der Waals surface area contributed by atoms with E-state index in [0.717, 1.165) is 5.56 Å². The predicted octanol–water partition coefficient (Wildman–Crippen LogP) is 4.45. The largest absolute Gasteiger partial charge is 0.586 e. The van der Waals surface area contributed by atoms with Crippen molar-refractivity contribution in [2.24, 2.45) is 0 Å². The molecule has 3 heterocycles. The van der Waals surface area contributed by atoms with E-state index in [1.54, 1.807) is 24.4 Å². The summed E-state index contributed by atoms with van der Waals surface area (Å²) >= 11 is 0. The third-order valence-electron chi connectivity index (χ3n) is 5.59. The zero-order valence-corrected chi connectivity index (χ0v) is 17.3. The van der Waals surface area contributed by atoms with Crippen molar-refractivity contribution in [3.05, 3.63) is 59.8 Å². The SMILES string of the molecule is COc1ncccc1-c1cc(C)cc(NC(=O)C2(c3ccc4c(c3)OC(F)(F)O4)CC2)n1. The lowest BCUT2D eigenvalue weighted by Gasteiger charge is -2.17. The maximum Gasteiger partial charge on any atom is 0.586 e. The Morgan fingerprint density at radius 1 is 1.12 bits per heavy atom. The van der Waals surface area contributed by atoms with E-state index < -0.39 is 11.7 Å². The van der Waals surface area contributed by atoms with Gasteiger partial charge in [0.25, 0.3) is 0 Å². The zero-order valence-electron chi connectivity index (χ0n) is 17.3. The number of halogens is 2. The molecular weight excluding hydrogens is 420 g/mol. The Bertz CT molecular complexity index is 1230. The minimum atomic E-state index is -3.70. The smallest absolute Gasteiger partial charge is 0.481 e. The van der Waals surface area contributed by atoms with Crippen molar-refractivity contribution in [1.29, 1.82) is 0 Å². The second kappa shape index (κ2) is 7.15. The molecule has 164 valence electrons. The number of fused-ring (bicyclic) bond motifs is 1. The van der Waals surface area contributed by atoms with Crippen molar-refractivity contribution in [3.63, 3.8) is 0 Å². The summed E-state index contributed by atoms with van der Waals surface area (Å²) in [4.78, 5) is 22.0. The Morgan fingerprint density at radius 2 is 1.91 bits per heavy atom. The number of carbonyl (C=O) groups is 1. The number of hydrogen-bond donors (Lipinski definition) is 1. The molecule has 0 radical (unpaired) electrons. The van der Waals surface area contributed by atoms with Gasteiger partial charge in [0.1, 0.15) is 5.82 Å². The second-order valence-corrected chi connectivity index (χ2v) is 7.84. The summed E-state index contributed by atoms with van der Waals surface area (Å²) in [7, 11) is 1.53. The van der Waals surface area contributed by atoms with E-state index in [0.29, 0.717) is 41.4 Å². The third-order valence-corrected chi connectivity index (χ3v) is 5.59. The van der Waals surface area contributed by atoms with Gasteiger partial charge < -0.3 is 19.5 Å². The average Bonchev–Trinajstić information content (AvgIpc) is 3.50. The average molecular weight is 439 g/mol. The molecule has 32 heavy (non-hydrogen) atoms. The summed E-state index contributed by atoms with van der Waals surface area (Å²) in [6.07, 6.45) is -0.901. The summed E-state index contributed by atoms with van der Waals surface area (Å²) in [5.74, 6) is 0.426. The van der Waals surface area contributed by atoms with Crippen molar-refractivity contribution >= 4 is 11.7 Å². The highest BCUT2D eigenvalue weighted by molar-refractivity contribution is 6.01. The van der Waals surface area contributed by atoms with Gasteiger partial charge >= 0.3 is 6.29 Å². The first-order valence-electron chi connectivity index (χ1n) is 10.00. The van der Waals surface area contributed by atoms with Gasteiger partial charge in [-0.1, -0.05) is 6.07 Å². The Labute approximate surface area is 182 Å². The molecule has 1 saturated carbocycles. The van der Waals surface area contributed by atoms with E-state index >= 15 is 0 Å². The van der Waals surface area contributed by atoms with Crippen LogP contribution in [0, 0.1) is 6.92 Å². The molecule has 1 aromatic carbocycles. The molecule has 0 unspecified atom stereocenters. The molecule has 7 nitrogen and oxygen atoms in total. The molecule has 1 amide bonds. The van der Waals surface area contributed by atoms with Gasteiger partial charge in [0.2, 0.25) is 11.8 Å². The van der Waals surface area contributed by atoms with Crippen LogP contribution >= 0.6 is 0 Å². The fraction of sp³-hybridized carbons (Fsp3) is 0.261. The van der Waals surface area contributed by atoms with Crippen molar-refractivity contribution in [2.45, 2.75) is 31.5 Å². The monoisotopic (exact) mass is 439 g/mol. The van der Waals surface area contributed by atoms with Crippen LogP contribution in [0.25, 0.3) is 11.3 Å². The van der Waals surface area contributed by atoms with E-state index in [9.17, 15) is 13.6 Å². The highest BCUT2D eigenvalue weighted by Gasteiger charge is 2.53. The molecule has 0 saturated heterocycles. The quantitative estimate of drug-likeness (QED) is 0.633. The van der Waals surface area contributed by atoms with Gasteiger partial charge in [-0.05, 0) is 67.3 Å². The van der Waals surface area contributed by atoms with Crippen LogP contribution in [-0.2, 0) is 10.2 Å². The highest BCUT2D eigenvalue weighted by atomic mass is 19.3. The molecule has 2 aromatic heterocycles. The molecule has 9 heteroatoms. The van der Waals surface area contributed by atoms with E-state index in [-0.39, 0.29) is 17.4 Å². The molecule has 3 aromatic rings. The molecule has 1 aliphatic heterocycles. The van der Waals surface area contributed by atoms with Gasteiger partial charge in [-0.2, -0.15) is 0 Å². The van der Waals surface area contributed by atoms with Gasteiger partial charge in [0.05, 0.1) is 23.8 Å². The number of methoxy groups -OCH3 is 1. The maximum atomic E-state index is 13.4. The predicted molar refractivity (Wildman–Crippen MR) is 111 cm³/mol. The lowest BCUT2D eigenvalue weighted by Crippen LogP contribution is -2.28. The first-order chi connectivity index (χ1) is 15.3. The Morgan fingerprint density at radius 3 is 2.66 bits per heavy atom. The maximum absolute atomic E-state index is 13.4. The lowest BCUT2D eigenvalue weighted by molar-refractivity contribution is -0.286. The van der Waals surface area contributed by atoms with E-state index in [1.165, 1.54) is 19.2 Å². The van der Waals surface area contributed by atoms with Crippen molar-refractivity contribution < 1.29 is 27.8 Å². The van der Waals surface area contributed by atoms with Crippen LogP contribution in [0.3, 0.4) is 0 Å². The van der Waals surface area contributed by atoms with Crippen molar-refractivity contribution in [1.82, 2.24) is 9.97 Å². The first-order valence-corrected chi connectivity index (χ1v) is 10.00. The van der Waals surface area contributed by atoms with Crippen LogP contribution in [0.4, 0.5) is 14.6 Å². The fourth-order valence-corrected chi connectivity index (χ4v) is 3.87. The van der Waals surface area contributed by atoms with E-state index in [4.69, 9.17) is 4.74 Å². The zero-order chi connectivity index (χ0) is 22.5. The summed E-state index contributed by atoms with van der Waals surface area (Å²) < 4.78 is 41.0. The van der Waals surface area contributed by atoms with Crippen LogP contribution in [0.15, 0.2) is 48.7 Å². The van der Waals surface area contributed by atoms with Crippen LogP contribution in [0.1, 0.15) is 24.0 Å². The molecule has 5 rings (SSSR count). The number of benzene rings is 1. The van der Waals surface area contributed by atoms with Crippen LogP contribution in [0.5, 0.6) is 17.4 Å². The topological polar surface area (TPSA) is 82.6 Å².